The molecule has 0 aromatic heterocycles. The smallest absolute Gasteiger partial charge is 0.243 e. The molecule has 0 unspecified atom stereocenters. The fraction of sp³-hybridized carbons (Fsp3) is 0.538. The van der Waals surface area contributed by atoms with Gasteiger partial charge >= 0.3 is 0 Å². The van der Waals surface area contributed by atoms with Crippen molar-refractivity contribution >= 4 is 21.8 Å². The summed E-state index contributed by atoms with van der Waals surface area (Å²) in [5, 5.41) is 8.87. The monoisotopic (exact) mass is 321 g/mol. The molecule has 7 heteroatoms. The second-order valence-electron chi connectivity index (χ2n) is 4.37. The average Bonchev–Trinajstić information content (AvgIpc) is 2.42. The zero-order chi connectivity index (χ0) is 15.0. The number of benzene rings is 1. The molecule has 2 N–H and O–H groups in total. The Bertz CT molecular complexity index is 520. The number of thioether (sulfide) groups is 1. The van der Waals surface area contributed by atoms with E-state index in [0.29, 0.717) is 12.1 Å². The van der Waals surface area contributed by atoms with E-state index in [4.69, 9.17) is 5.11 Å². The Labute approximate surface area is 123 Å². The summed E-state index contributed by atoms with van der Waals surface area (Å²) in [6.45, 7) is -0.0159. The van der Waals surface area contributed by atoms with Crippen LogP contribution in [0, 0.1) is 5.82 Å². The molecule has 0 saturated heterocycles. The Hall–Kier alpha value is -0.630. The van der Waals surface area contributed by atoms with E-state index in [-0.39, 0.29) is 11.5 Å². The Balaban J connectivity index is 2.56. The highest BCUT2D eigenvalue weighted by Gasteiger charge is 2.18. The number of unbranched alkanes of at least 4 members (excludes halogenated alkanes) is 2. The van der Waals surface area contributed by atoms with Crippen molar-refractivity contribution < 1.29 is 17.9 Å². The molecule has 1 aromatic carbocycles. The predicted octanol–water partition coefficient (Wildman–Crippen LogP) is 2.13. The van der Waals surface area contributed by atoms with Crippen LogP contribution >= 0.6 is 11.8 Å². The van der Waals surface area contributed by atoms with Gasteiger partial charge in [0.2, 0.25) is 10.0 Å². The Morgan fingerprint density at radius 2 is 2.05 bits per heavy atom. The summed E-state index contributed by atoms with van der Waals surface area (Å²) in [5.74, 6) is 0.218. The van der Waals surface area contributed by atoms with Gasteiger partial charge in [0.25, 0.3) is 0 Å². The molecule has 0 spiro atoms. The fourth-order valence-electron chi connectivity index (χ4n) is 1.69. The molecule has 4 nitrogen and oxygen atoms in total. The number of aliphatic hydroxyl groups is 1. The lowest BCUT2D eigenvalue weighted by Crippen LogP contribution is -2.25. The number of hydrogen-bond donors (Lipinski definition) is 2. The number of aliphatic hydroxyl groups excluding tert-OH is 1. The van der Waals surface area contributed by atoms with Gasteiger partial charge in [-0.1, -0.05) is 12.5 Å². The van der Waals surface area contributed by atoms with Crippen molar-refractivity contribution in [3.63, 3.8) is 0 Å². The van der Waals surface area contributed by atoms with E-state index in [1.807, 2.05) is 6.26 Å². The minimum Gasteiger partial charge on any atom is -0.392 e. The highest BCUT2D eigenvalue weighted by atomic mass is 32.2. The largest absolute Gasteiger partial charge is 0.392 e. The van der Waals surface area contributed by atoms with Gasteiger partial charge in [-0.3, -0.25) is 0 Å². The quantitative estimate of drug-likeness (QED) is 0.684. The first-order valence-corrected chi connectivity index (χ1v) is 9.27. The van der Waals surface area contributed by atoms with Crippen LogP contribution < -0.4 is 4.72 Å². The molecule has 0 saturated carbocycles. The molecule has 0 fully saturated rings. The maximum Gasteiger partial charge on any atom is 0.243 e. The highest BCUT2D eigenvalue weighted by Crippen LogP contribution is 2.16. The van der Waals surface area contributed by atoms with Crippen LogP contribution in [0.15, 0.2) is 23.1 Å². The van der Waals surface area contributed by atoms with Crippen LogP contribution in [-0.4, -0.2) is 32.1 Å². The lowest BCUT2D eigenvalue weighted by atomic mass is 10.2. The van der Waals surface area contributed by atoms with Crippen LogP contribution in [0.1, 0.15) is 24.8 Å². The molecule has 0 aliphatic rings. The molecule has 114 valence electrons. The van der Waals surface area contributed by atoms with E-state index in [9.17, 15) is 12.8 Å². The van der Waals surface area contributed by atoms with Crippen LogP contribution in [0.2, 0.25) is 0 Å². The van der Waals surface area contributed by atoms with E-state index >= 15 is 0 Å². The second kappa shape index (κ2) is 8.61. The minimum absolute atomic E-state index is 0.303. The van der Waals surface area contributed by atoms with Crippen molar-refractivity contribution in [2.75, 3.05) is 18.6 Å². The molecule has 0 bridgehead atoms. The maximum atomic E-state index is 13.7. The van der Waals surface area contributed by atoms with Gasteiger partial charge in [0.15, 0.2) is 0 Å². The first-order chi connectivity index (χ1) is 9.51. The minimum atomic E-state index is -3.82. The van der Waals surface area contributed by atoms with Gasteiger partial charge in [-0.25, -0.2) is 17.5 Å². The van der Waals surface area contributed by atoms with E-state index in [1.54, 1.807) is 11.8 Å². The van der Waals surface area contributed by atoms with Gasteiger partial charge < -0.3 is 5.11 Å². The van der Waals surface area contributed by atoms with Crippen LogP contribution in [0.3, 0.4) is 0 Å². The lowest BCUT2D eigenvalue weighted by molar-refractivity contribution is 0.281. The topological polar surface area (TPSA) is 66.4 Å². The molecule has 0 heterocycles. The summed E-state index contributed by atoms with van der Waals surface area (Å²) in [5.41, 5.74) is 0.346. The average molecular weight is 321 g/mol. The maximum absolute atomic E-state index is 13.7. The van der Waals surface area contributed by atoms with E-state index < -0.39 is 15.8 Å². The SMILES string of the molecule is CSCCCCCNS(=O)(=O)c1ccc(CO)cc1F. The molecular weight excluding hydrogens is 301 g/mol. The van der Waals surface area contributed by atoms with Crippen LogP contribution in [0.25, 0.3) is 0 Å². The van der Waals surface area contributed by atoms with Gasteiger partial charge in [-0.05, 0) is 42.5 Å². The summed E-state index contributed by atoms with van der Waals surface area (Å²) in [6, 6.07) is 3.61. The molecule has 0 amide bonds. The normalized spacial score (nSPS) is 11.8. The third-order valence-corrected chi connectivity index (χ3v) is 4.98. The summed E-state index contributed by atoms with van der Waals surface area (Å²) < 4.78 is 39.9. The first kappa shape index (κ1) is 17.4. The van der Waals surface area contributed by atoms with Gasteiger partial charge in [0.1, 0.15) is 10.7 Å². The predicted molar refractivity (Wildman–Crippen MR) is 79.7 cm³/mol. The number of rotatable bonds is 9. The molecule has 20 heavy (non-hydrogen) atoms. The van der Waals surface area contributed by atoms with Gasteiger partial charge in [-0.15, -0.1) is 0 Å². The van der Waals surface area contributed by atoms with Gasteiger partial charge in [-0.2, -0.15) is 11.8 Å². The summed E-state index contributed by atoms with van der Waals surface area (Å²) in [6.07, 6.45) is 4.75. The third-order valence-electron chi connectivity index (χ3n) is 2.79. The van der Waals surface area contributed by atoms with Crippen molar-refractivity contribution in [3.8, 4) is 0 Å². The number of sulfonamides is 1. The zero-order valence-corrected chi connectivity index (χ0v) is 13.1. The highest BCUT2D eigenvalue weighted by molar-refractivity contribution is 7.98. The Morgan fingerprint density at radius 3 is 2.65 bits per heavy atom. The van der Waals surface area contributed by atoms with Crippen LogP contribution in [-0.2, 0) is 16.6 Å². The molecule has 0 radical (unpaired) electrons. The number of hydrogen-bond acceptors (Lipinski definition) is 4. The second-order valence-corrected chi connectivity index (χ2v) is 7.10. The van der Waals surface area contributed by atoms with Crippen LogP contribution in [0.4, 0.5) is 4.39 Å². The van der Waals surface area contributed by atoms with Crippen molar-refractivity contribution in [2.45, 2.75) is 30.8 Å². The summed E-state index contributed by atoms with van der Waals surface area (Å²) in [4.78, 5) is -0.376. The van der Waals surface area contributed by atoms with Crippen molar-refractivity contribution in [1.29, 1.82) is 0 Å². The standard InChI is InChI=1S/C13H20FNO3S2/c1-19-8-4-2-3-7-15-20(17,18)13-6-5-11(10-16)9-12(13)14/h5-6,9,15-16H,2-4,7-8,10H2,1H3. The van der Waals surface area contributed by atoms with Gasteiger partial charge in [0, 0.05) is 6.54 Å². The van der Waals surface area contributed by atoms with E-state index in [0.717, 1.165) is 31.1 Å². The van der Waals surface area contributed by atoms with Crippen molar-refractivity contribution in [1.82, 2.24) is 4.72 Å². The summed E-state index contributed by atoms with van der Waals surface area (Å²) in [7, 11) is -3.82. The van der Waals surface area contributed by atoms with Crippen LogP contribution in [0.5, 0.6) is 0 Å². The molecule has 0 aliphatic carbocycles. The molecular formula is C13H20FNO3S2. The number of halogens is 1. The van der Waals surface area contributed by atoms with E-state index in [1.165, 1.54) is 12.1 Å². The Morgan fingerprint density at radius 1 is 1.30 bits per heavy atom. The third kappa shape index (κ3) is 5.40. The molecule has 1 aromatic rings. The van der Waals surface area contributed by atoms with Crippen molar-refractivity contribution in [3.05, 3.63) is 29.6 Å². The summed E-state index contributed by atoms with van der Waals surface area (Å²) >= 11 is 1.76. The molecule has 0 aliphatic heterocycles. The fourth-order valence-corrected chi connectivity index (χ4v) is 3.32. The van der Waals surface area contributed by atoms with Gasteiger partial charge in [0.05, 0.1) is 6.61 Å². The lowest BCUT2D eigenvalue weighted by Gasteiger charge is -2.08. The zero-order valence-electron chi connectivity index (χ0n) is 11.4. The Kier molecular flexibility index (Phi) is 7.50. The number of nitrogens with one attached hydrogen (secondary N) is 1. The molecule has 1 rings (SSSR count). The van der Waals surface area contributed by atoms with E-state index in [2.05, 4.69) is 4.72 Å². The van der Waals surface area contributed by atoms with Crippen molar-refractivity contribution in [2.24, 2.45) is 0 Å². The molecule has 0 atom stereocenters. The first-order valence-electron chi connectivity index (χ1n) is 6.39.